The standard InChI is InChI=1S/C11H16N4O/c12-14-10-3-1-9(2-4-10)11(16)15-7-5-13-6-8-15/h1-4,13-14H,5-8,12H2. The van der Waals surface area contributed by atoms with Crippen molar-refractivity contribution < 1.29 is 4.79 Å². The van der Waals surface area contributed by atoms with Gasteiger partial charge in [0.1, 0.15) is 0 Å². The molecule has 86 valence electrons. The number of hydrogen-bond acceptors (Lipinski definition) is 4. The van der Waals surface area contributed by atoms with Crippen LogP contribution >= 0.6 is 0 Å². The lowest BCUT2D eigenvalue weighted by atomic mass is 10.1. The summed E-state index contributed by atoms with van der Waals surface area (Å²) in [7, 11) is 0. The fourth-order valence-corrected chi connectivity index (χ4v) is 1.76. The number of carbonyl (C=O) groups excluding carboxylic acids is 1. The average molecular weight is 220 g/mol. The van der Waals surface area contributed by atoms with Crippen molar-refractivity contribution in [3.05, 3.63) is 29.8 Å². The summed E-state index contributed by atoms with van der Waals surface area (Å²) < 4.78 is 0. The second kappa shape index (κ2) is 4.96. The van der Waals surface area contributed by atoms with Gasteiger partial charge in [-0.25, -0.2) is 0 Å². The van der Waals surface area contributed by atoms with Crippen molar-refractivity contribution in [3.63, 3.8) is 0 Å². The molecule has 0 spiro atoms. The molecule has 0 unspecified atom stereocenters. The summed E-state index contributed by atoms with van der Waals surface area (Å²) in [4.78, 5) is 13.9. The molecule has 1 aliphatic rings. The van der Waals surface area contributed by atoms with Crippen LogP contribution in [0.1, 0.15) is 10.4 Å². The molecule has 0 radical (unpaired) electrons. The van der Waals surface area contributed by atoms with Crippen molar-refractivity contribution in [2.45, 2.75) is 0 Å². The van der Waals surface area contributed by atoms with E-state index in [4.69, 9.17) is 5.84 Å². The number of nitrogens with zero attached hydrogens (tertiary/aromatic N) is 1. The molecule has 0 bridgehead atoms. The van der Waals surface area contributed by atoms with Crippen LogP contribution in [0.5, 0.6) is 0 Å². The van der Waals surface area contributed by atoms with Crippen LogP contribution in [0.4, 0.5) is 5.69 Å². The molecule has 4 N–H and O–H groups in total. The number of hydrazine groups is 1. The summed E-state index contributed by atoms with van der Waals surface area (Å²) in [5.74, 6) is 5.35. The smallest absolute Gasteiger partial charge is 0.253 e. The van der Waals surface area contributed by atoms with Gasteiger partial charge in [-0.15, -0.1) is 0 Å². The third-order valence-electron chi connectivity index (χ3n) is 2.70. The Kier molecular flexibility index (Phi) is 3.38. The Morgan fingerprint density at radius 2 is 1.88 bits per heavy atom. The van der Waals surface area contributed by atoms with Crippen molar-refractivity contribution in [2.24, 2.45) is 5.84 Å². The van der Waals surface area contributed by atoms with Gasteiger partial charge in [0.15, 0.2) is 0 Å². The average Bonchev–Trinajstić information content (AvgIpc) is 2.39. The highest BCUT2D eigenvalue weighted by molar-refractivity contribution is 5.94. The quantitative estimate of drug-likeness (QED) is 0.485. The van der Waals surface area contributed by atoms with E-state index in [2.05, 4.69) is 10.7 Å². The Hall–Kier alpha value is -1.59. The topological polar surface area (TPSA) is 70.4 Å². The lowest BCUT2D eigenvalue weighted by molar-refractivity contribution is 0.0736. The number of anilines is 1. The zero-order valence-corrected chi connectivity index (χ0v) is 9.07. The number of carbonyl (C=O) groups is 1. The maximum Gasteiger partial charge on any atom is 0.253 e. The third-order valence-corrected chi connectivity index (χ3v) is 2.70. The molecule has 0 aliphatic carbocycles. The molecule has 1 fully saturated rings. The molecular weight excluding hydrogens is 204 g/mol. The molecule has 0 saturated carbocycles. The molecule has 1 heterocycles. The van der Waals surface area contributed by atoms with E-state index in [1.165, 1.54) is 0 Å². The number of nitrogen functional groups attached to an aromatic ring is 1. The fourth-order valence-electron chi connectivity index (χ4n) is 1.76. The Morgan fingerprint density at radius 1 is 1.25 bits per heavy atom. The number of nitrogens with two attached hydrogens (primary N) is 1. The first-order valence-corrected chi connectivity index (χ1v) is 5.38. The van der Waals surface area contributed by atoms with Gasteiger partial charge in [0.25, 0.3) is 5.91 Å². The number of benzene rings is 1. The van der Waals surface area contributed by atoms with Gasteiger partial charge in [-0.3, -0.25) is 10.6 Å². The molecule has 2 rings (SSSR count). The SMILES string of the molecule is NNc1ccc(C(=O)N2CCNCC2)cc1. The van der Waals surface area contributed by atoms with Gasteiger partial charge < -0.3 is 15.6 Å². The second-order valence-electron chi connectivity index (χ2n) is 3.76. The van der Waals surface area contributed by atoms with Crippen molar-refractivity contribution in [1.82, 2.24) is 10.2 Å². The summed E-state index contributed by atoms with van der Waals surface area (Å²) >= 11 is 0. The van der Waals surface area contributed by atoms with Crippen LogP contribution < -0.4 is 16.6 Å². The Labute approximate surface area is 94.6 Å². The first-order chi connectivity index (χ1) is 7.81. The highest BCUT2D eigenvalue weighted by atomic mass is 16.2. The van der Waals surface area contributed by atoms with Crippen molar-refractivity contribution in [2.75, 3.05) is 31.6 Å². The molecule has 1 aromatic carbocycles. The number of amides is 1. The van der Waals surface area contributed by atoms with E-state index in [1.54, 1.807) is 24.3 Å². The lowest BCUT2D eigenvalue weighted by Crippen LogP contribution is -2.46. The molecule has 5 heteroatoms. The summed E-state index contributed by atoms with van der Waals surface area (Å²) in [6.45, 7) is 3.29. The van der Waals surface area contributed by atoms with Crippen LogP contribution in [0.2, 0.25) is 0 Å². The van der Waals surface area contributed by atoms with Gasteiger partial charge in [0, 0.05) is 37.4 Å². The van der Waals surface area contributed by atoms with E-state index in [-0.39, 0.29) is 5.91 Å². The van der Waals surface area contributed by atoms with Gasteiger partial charge in [-0.05, 0) is 24.3 Å². The van der Waals surface area contributed by atoms with Crippen LogP contribution in [0, 0.1) is 0 Å². The van der Waals surface area contributed by atoms with Gasteiger partial charge in [-0.1, -0.05) is 0 Å². The third kappa shape index (κ3) is 2.32. The first kappa shape index (κ1) is 10.9. The molecule has 0 atom stereocenters. The van der Waals surface area contributed by atoms with Crippen LogP contribution in [0.15, 0.2) is 24.3 Å². The Bertz CT molecular complexity index is 357. The number of nitrogens with one attached hydrogen (secondary N) is 2. The molecule has 5 nitrogen and oxygen atoms in total. The minimum absolute atomic E-state index is 0.0880. The molecule has 1 saturated heterocycles. The molecule has 1 aromatic rings. The number of hydrogen-bond donors (Lipinski definition) is 3. The summed E-state index contributed by atoms with van der Waals surface area (Å²) in [6.07, 6.45) is 0. The largest absolute Gasteiger partial charge is 0.336 e. The zero-order valence-electron chi connectivity index (χ0n) is 9.07. The number of piperazine rings is 1. The van der Waals surface area contributed by atoms with Gasteiger partial charge in [-0.2, -0.15) is 0 Å². The normalized spacial score (nSPS) is 15.9. The van der Waals surface area contributed by atoms with E-state index in [1.807, 2.05) is 4.90 Å². The van der Waals surface area contributed by atoms with E-state index >= 15 is 0 Å². The second-order valence-corrected chi connectivity index (χ2v) is 3.76. The van der Waals surface area contributed by atoms with E-state index in [0.29, 0.717) is 5.56 Å². The minimum atomic E-state index is 0.0880. The lowest BCUT2D eigenvalue weighted by Gasteiger charge is -2.27. The first-order valence-electron chi connectivity index (χ1n) is 5.38. The molecule has 0 aromatic heterocycles. The summed E-state index contributed by atoms with van der Waals surface area (Å²) in [5, 5.41) is 3.22. The number of rotatable bonds is 2. The molecule has 1 amide bonds. The van der Waals surface area contributed by atoms with E-state index < -0.39 is 0 Å². The predicted molar refractivity (Wildman–Crippen MR) is 63.0 cm³/mol. The van der Waals surface area contributed by atoms with Crippen molar-refractivity contribution in [1.29, 1.82) is 0 Å². The zero-order chi connectivity index (χ0) is 11.4. The summed E-state index contributed by atoms with van der Waals surface area (Å²) in [5.41, 5.74) is 4.05. The van der Waals surface area contributed by atoms with Crippen LogP contribution in [-0.4, -0.2) is 37.0 Å². The van der Waals surface area contributed by atoms with Crippen molar-refractivity contribution >= 4 is 11.6 Å². The van der Waals surface area contributed by atoms with Gasteiger partial charge in [0.05, 0.1) is 0 Å². The molecule has 16 heavy (non-hydrogen) atoms. The highest BCUT2D eigenvalue weighted by Gasteiger charge is 2.17. The van der Waals surface area contributed by atoms with Crippen LogP contribution in [0.25, 0.3) is 0 Å². The van der Waals surface area contributed by atoms with Crippen LogP contribution in [-0.2, 0) is 0 Å². The van der Waals surface area contributed by atoms with Crippen LogP contribution in [0.3, 0.4) is 0 Å². The highest BCUT2D eigenvalue weighted by Crippen LogP contribution is 2.10. The van der Waals surface area contributed by atoms with Crippen molar-refractivity contribution in [3.8, 4) is 0 Å². The molecular formula is C11H16N4O. The van der Waals surface area contributed by atoms with E-state index in [9.17, 15) is 4.79 Å². The monoisotopic (exact) mass is 220 g/mol. The maximum atomic E-state index is 12.0. The summed E-state index contributed by atoms with van der Waals surface area (Å²) in [6, 6.07) is 7.18. The maximum absolute atomic E-state index is 12.0. The van der Waals surface area contributed by atoms with Gasteiger partial charge in [0.2, 0.25) is 0 Å². The fraction of sp³-hybridized carbons (Fsp3) is 0.364. The van der Waals surface area contributed by atoms with Gasteiger partial charge >= 0.3 is 0 Å². The Morgan fingerprint density at radius 3 is 2.44 bits per heavy atom. The minimum Gasteiger partial charge on any atom is -0.336 e. The Balaban J connectivity index is 2.07. The van der Waals surface area contributed by atoms with E-state index in [0.717, 1.165) is 31.9 Å². The predicted octanol–water partition coefficient (Wildman–Crippen LogP) is 0.0176. The molecule has 1 aliphatic heterocycles.